The Morgan fingerprint density at radius 3 is 1.76 bits per heavy atom. The monoisotopic (exact) mass is 465 g/mol. The van der Waals surface area contributed by atoms with Crippen LogP contribution in [0.3, 0.4) is 0 Å². The van der Waals surface area contributed by atoms with Gasteiger partial charge in [0.2, 0.25) is 0 Å². The molecule has 0 bridgehead atoms. The summed E-state index contributed by atoms with van der Waals surface area (Å²) in [6.45, 7) is 9.75. The van der Waals surface area contributed by atoms with Crippen molar-refractivity contribution >= 4 is 29.9 Å². The van der Waals surface area contributed by atoms with Crippen LogP contribution >= 0.6 is 24.0 Å². The summed E-state index contributed by atoms with van der Waals surface area (Å²) >= 11 is 0. The van der Waals surface area contributed by atoms with Crippen LogP contribution in [0.15, 0.2) is 4.99 Å². The average Bonchev–Trinajstić information content (AvgIpc) is 2.98. The third-order valence-electron chi connectivity index (χ3n) is 5.26. The molecule has 0 atom stereocenters. The van der Waals surface area contributed by atoms with E-state index < -0.39 is 0 Å². The van der Waals surface area contributed by atoms with Crippen LogP contribution in [0, 0.1) is 0 Å². The van der Waals surface area contributed by atoms with Crippen LogP contribution < -0.4 is 10.6 Å². The molecule has 2 saturated heterocycles. The second-order valence-corrected chi connectivity index (χ2v) is 7.29. The van der Waals surface area contributed by atoms with Crippen molar-refractivity contribution in [2.45, 2.75) is 57.8 Å². The molecule has 0 aromatic carbocycles. The zero-order valence-corrected chi connectivity index (χ0v) is 18.6. The van der Waals surface area contributed by atoms with Gasteiger partial charge in [-0.15, -0.1) is 24.0 Å². The number of unbranched alkanes of at least 4 members (excludes halogenated alkanes) is 1. The third kappa shape index (κ3) is 10.6. The quantitative estimate of drug-likeness (QED) is 0.238. The molecule has 2 rings (SSSR count). The first-order valence-corrected chi connectivity index (χ1v) is 10.3. The topological polar surface area (TPSA) is 42.9 Å². The Morgan fingerprint density at radius 1 is 0.720 bits per heavy atom. The Morgan fingerprint density at radius 2 is 1.20 bits per heavy atom. The average molecular weight is 465 g/mol. The molecule has 0 aliphatic carbocycles. The van der Waals surface area contributed by atoms with E-state index in [-0.39, 0.29) is 24.0 Å². The summed E-state index contributed by atoms with van der Waals surface area (Å²) in [7, 11) is 1.87. The number of nitrogens with one attached hydrogen (secondary N) is 2. The van der Waals surface area contributed by atoms with Crippen molar-refractivity contribution in [2.24, 2.45) is 4.99 Å². The van der Waals surface area contributed by atoms with Gasteiger partial charge >= 0.3 is 0 Å². The molecule has 0 amide bonds. The van der Waals surface area contributed by atoms with Gasteiger partial charge in [-0.3, -0.25) is 4.99 Å². The number of hydrogen-bond acceptors (Lipinski definition) is 3. The van der Waals surface area contributed by atoms with Crippen molar-refractivity contribution < 1.29 is 0 Å². The van der Waals surface area contributed by atoms with Gasteiger partial charge in [-0.2, -0.15) is 0 Å². The highest BCUT2D eigenvalue weighted by Crippen LogP contribution is 2.09. The minimum Gasteiger partial charge on any atom is -0.356 e. The molecule has 148 valence electrons. The highest BCUT2D eigenvalue weighted by molar-refractivity contribution is 14.0. The molecule has 0 unspecified atom stereocenters. The lowest BCUT2D eigenvalue weighted by atomic mass is 10.2. The zero-order valence-electron chi connectivity index (χ0n) is 16.3. The van der Waals surface area contributed by atoms with Gasteiger partial charge in [0.25, 0.3) is 0 Å². The van der Waals surface area contributed by atoms with E-state index in [1.165, 1.54) is 97.1 Å². The fraction of sp³-hybridized carbons (Fsp3) is 0.947. The fourth-order valence-corrected chi connectivity index (χ4v) is 3.76. The van der Waals surface area contributed by atoms with Crippen molar-refractivity contribution in [1.82, 2.24) is 20.4 Å². The van der Waals surface area contributed by atoms with E-state index in [1.54, 1.807) is 0 Å². The molecule has 25 heavy (non-hydrogen) atoms. The number of likely N-dealkylation sites (tertiary alicyclic amines) is 2. The van der Waals surface area contributed by atoms with Crippen molar-refractivity contribution in [1.29, 1.82) is 0 Å². The highest BCUT2D eigenvalue weighted by atomic mass is 127. The largest absolute Gasteiger partial charge is 0.356 e. The van der Waals surface area contributed by atoms with Crippen LogP contribution in [-0.2, 0) is 0 Å². The summed E-state index contributed by atoms with van der Waals surface area (Å²) < 4.78 is 0. The maximum atomic E-state index is 4.33. The van der Waals surface area contributed by atoms with E-state index in [0.717, 1.165) is 19.0 Å². The Labute approximate surface area is 172 Å². The molecule has 2 heterocycles. The fourth-order valence-electron chi connectivity index (χ4n) is 3.76. The molecule has 2 aliphatic heterocycles. The second kappa shape index (κ2) is 15.0. The number of nitrogens with zero attached hydrogens (tertiary/aromatic N) is 3. The van der Waals surface area contributed by atoms with E-state index in [1.807, 2.05) is 7.05 Å². The Hall–Kier alpha value is -0.0800. The van der Waals surface area contributed by atoms with Gasteiger partial charge in [-0.1, -0.05) is 12.8 Å². The van der Waals surface area contributed by atoms with Crippen molar-refractivity contribution in [3.63, 3.8) is 0 Å². The minimum absolute atomic E-state index is 0. The first-order valence-electron chi connectivity index (χ1n) is 10.3. The van der Waals surface area contributed by atoms with Gasteiger partial charge in [0.15, 0.2) is 5.96 Å². The molecule has 0 aromatic rings. The summed E-state index contributed by atoms with van der Waals surface area (Å²) in [5, 5.41) is 6.91. The number of rotatable bonds is 9. The van der Waals surface area contributed by atoms with Crippen molar-refractivity contribution in [3.05, 3.63) is 0 Å². The smallest absolute Gasteiger partial charge is 0.190 e. The molecule has 0 aromatic heterocycles. The number of hydrogen-bond donors (Lipinski definition) is 2. The first kappa shape index (κ1) is 23.0. The van der Waals surface area contributed by atoms with Gasteiger partial charge in [-0.05, 0) is 84.2 Å². The maximum Gasteiger partial charge on any atom is 0.190 e. The predicted octanol–water partition coefficient (Wildman–Crippen LogP) is 2.91. The second-order valence-electron chi connectivity index (χ2n) is 7.29. The summed E-state index contributed by atoms with van der Waals surface area (Å²) in [6.07, 6.45) is 12.1. The van der Waals surface area contributed by atoms with Crippen LogP contribution in [0.1, 0.15) is 57.8 Å². The standard InChI is InChI=1S/C19H39N5.HI/c1-20-19(21-11-4-7-15-23-16-8-9-17-23)22-12-10-18-24-13-5-2-3-6-14-24;/h2-18H2,1H3,(H2,20,21,22);1H. The summed E-state index contributed by atoms with van der Waals surface area (Å²) in [6, 6.07) is 0. The normalized spacial score (nSPS) is 20.1. The molecular formula is C19H40IN5. The van der Waals surface area contributed by atoms with Gasteiger partial charge in [-0.25, -0.2) is 0 Å². The third-order valence-corrected chi connectivity index (χ3v) is 5.26. The van der Waals surface area contributed by atoms with Gasteiger partial charge in [0.1, 0.15) is 0 Å². The van der Waals surface area contributed by atoms with Crippen LogP contribution in [0.5, 0.6) is 0 Å². The summed E-state index contributed by atoms with van der Waals surface area (Å²) in [5.74, 6) is 0.965. The molecule has 2 N–H and O–H groups in total. The van der Waals surface area contributed by atoms with Crippen LogP contribution in [0.2, 0.25) is 0 Å². The first-order chi connectivity index (χ1) is 11.9. The molecule has 0 spiro atoms. The van der Waals surface area contributed by atoms with Crippen molar-refractivity contribution in [3.8, 4) is 0 Å². The molecule has 0 radical (unpaired) electrons. The Kier molecular flexibility index (Phi) is 13.8. The lowest BCUT2D eigenvalue weighted by Gasteiger charge is -2.20. The number of guanidine groups is 1. The maximum absolute atomic E-state index is 4.33. The van der Waals surface area contributed by atoms with E-state index in [9.17, 15) is 0 Å². The lowest BCUT2D eigenvalue weighted by Crippen LogP contribution is -2.39. The molecular weight excluding hydrogens is 425 g/mol. The van der Waals surface area contributed by atoms with Gasteiger partial charge in [0.05, 0.1) is 0 Å². The van der Waals surface area contributed by atoms with Crippen LogP contribution in [-0.4, -0.2) is 75.2 Å². The van der Waals surface area contributed by atoms with E-state index in [2.05, 4.69) is 25.4 Å². The van der Waals surface area contributed by atoms with E-state index in [4.69, 9.17) is 0 Å². The molecule has 2 fully saturated rings. The van der Waals surface area contributed by atoms with Gasteiger partial charge < -0.3 is 20.4 Å². The number of aliphatic imine (C=N–C) groups is 1. The SMILES string of the molecule is CN=C(NCCCCN1CCCC1)NCCCN1CCCCCC1.I. The molecule has 0 saturated carbocycles. The Bertz CT molecular complexity index is 337. The van der Waals surface area contributed by atoms with Crippen LogP contribution in [0.25, 0.3) is 0 Å². The van der Waals surface area contributed by atoms with Crippen molar-refractivity contribution in [2.75, 3.05) is 59.4 Å². The summed E-state index contributed by atoms with van der Waals surface area (Å²) in [4.78, 5) is 9.55. The van der Waals surface area contributed by atoms with E-state index in [0.29, 0.717) is 0 Å². The molecule has 6 heteroatoms. The highest BCUT2D eigenvalue weighted by Gasteiger charge is 2.10. The van der Waals surface area contributed by atoms with Gasteiger partial charge in [0, 0.05) is 20.1 Å². The van der Waals surface area contributed by atoms with E-state index >= 15 is 0 Å². The summed E-state index contributed by atoms with van der Waals surface area (Å²) in [5.41, 5.74) is 0. The van der Waals surface area contributed by atoms with Crippen LogP contribution in [0.4, 0.5) is 0 Å². The molecule has 2 aliphatic rings. The Balaban J connectivity index is 0.00000312. The number of halogens is 1. The molecule has 5 nitrogen and oxygen atoms in total. The zero-order chi connectivity index (χ0) is 16.9. The lowest BCUT2D eigenvalue weighted by molar-refractivity contribution is 0.282. The minimum atomic E-state index is 0. The predicted molar refractivity (Wildman–Crippen MR) is 119 cm³/mol.